The van der Waals surface area contributed by atoms with Gasteiger partial charge in [-0.05, 0) is 37.1 Å². The molecule has 0 N–H and O–H groups in total. The molecule has 2 rings (SSSR count). The maximum atomic E-state index is 11.8. The summed E-state index contributed by atoms with van der Waals surface area (Å²) in [7, 11) is 0. The third-order valence-electron chi connectivity index (χ3n) is 3.90. The number of benzene rings is 1. The lowest BCUT2D eigenvalue weighted by Gasteiger charge is -2.46. The van der Waals surface area contributed by atoms with Crippen molar-refractivity contribution in [3.8, 4) is 5.75 Å². The lowest BCUT2D eigenvalue weighted by atomic mass is 9.61. The maximum Gasteiger partial charge on any atom is 0.146 e. The van der Waals surface area contributed by atoms with Crippen LogP contribution in [0.15, 0.2) is 28.7 Å². The summed E-state index contributed by atoms with van der Waals surface area (Å²) in [5, 5.41) is 0. The van der Waals surface area contributed by atoms with Crippen LogP contribution < -0.4 is 4.74 Å². The summed E-state index contributed by atoms with van der Waals surface area (Å²) < 4.78 is 6.97. The van der Waals surface area contributed by atoms with Crippen molar-refractivity contribution >= 4 is 21.7 Å². The summed E-state index contributed by atoms with van der Waals surface area (Å²) in [6, 6.07) is 7.77. The van der Waals surface area contributed by atoms with Crippen LogP contribution in [0.25, 0.3) is 0 Å². The average Bonchev–Trinajstić information content (AvgIpc) is 2.33. The third-order valence-corrected chi connectivity index (χ3v) is 4.42. The van der Waals surface area contributed by atoms with Crippen LogP contribution in [0.1, 0.15) is 33.1 Å². The summed E-state index contributed by atoms with van der Waals surface area (Å²) in [6.45, 7) is 4.14. The number of Topliss-reactive ketones (excluding diaryl/α,β-unsaturated/α-hetero) is 1. The van der Waals surface area contributed by atoms with E-state index in [0.29, 0.717) is 12.2 Å². The highest BCUT2D eigenvalue weighted by Crippen LogP contribution is 2.45. The minimum Gasteiger partial charge on any atom is -0.489 e. The number of ether oxygens (including phenoxy) is 1. The lowest BCUT2D eigenvalue weighted by Crippen LogP contribution is -2.56. The number of rotatable bonds is 4. The predicted octanol–water partition coefficient (Wildman–Crippen LogP) is 3.98. The molecule has 0 heterocycles. The Kier molecular flexibility index (Phi) is 3.57. The molecule has 0 bridgehead atoms. The largest absolute Gasteiger partial charge is 0.489 e. The van der Waals surface area contributed by atoms with Gasteiger partial charge in [0.25, 0.3) is 0 Å². The van der Waals surface area contributed by atoms with Crippen molar-refractivity contribution in [2.24, 2.45) is 5.41 Å². The van der Waals surface area contributed by atoms with Crippen molar-refractivity contribution in [2.45, 2.75) is 39.2 Å². The maximum absolute atomic E-state index is 11.8. The van der Waals surface area contributed by atoms with E-state index in [1.807, 2.05) is 24.3 Å². The highest BCUT2D eigenvalue weighted by molar-refractivity contribution is 9.10. The lowest BCUT2D eigenvalue weighted by molar-refractivity contribution is -0.153. The van der Waals surface area contributed by atoms with Gasteiger partial charge in [-0.3, -0.25) is 4.79 Å². The Balaban J connectivity index is 2.10. The van der Waals surface area contributed by atoms with E-state index in [4.69, 9.17) is 4.74 Å². The Morgan fingerprint density at radius 2 is 1.88 bits per heavy atom. The minimum atomic E-state index is -0.243. The first kappa shape index (κ1) is 12.6. The van der Waals surface area contributed by atoms with Gasteiger partial charge in [-0.25, -0.2) is 0 Å². The van der Waals surface area contributed by atoms with Crippen LogP contribution in [0, 0.1) is 5.41 Å². The van der Waals surface area contributed by atoms with E-state index in [1.54, 1.807) is 0 Å². The SMILES string of the molecule is CCC1(CC)C(=O)CC1Oc1ccc(Br)cc1. The first-order valence-electron chi connectivity index (χ1n) is 6.08. The van der Waals surface area contributed by atoms with Crippen molar-refractivity contribution in [1.82, 2.24) is 0 Å². The average molecular weight is 297 g/mol. The van der Waals surface area contributed by atoms with Gasteiger partial charge >= 0.3 is 0 Å². The second kappa shape index (κ2) is 4.81. The molecule has 1 unspecified atom stereocenters. The quantitative estimate of drug-likeness (QED) is 0.840. The van der Waals surface area contributed by atoms with Crippen molar-refractivity contribution in [3.05, 3.63) is 28.7 Å². The fourth-order valence-corrected chi connectivity index (χ4v) is 2.81. The van der Waals surface area contributed by atoms with E-state index >= 15 is 0 Å². The molecule has 0 saturated heterocycles. The van der Waals surface area contributed by atoms with E-state index in [1.165, 1.54) is 0 Å². The van der Waals surface area contributed by atoms with Gasteiger partial charge in [0.15, 0.2) is 0 Å². The van der Waals surface area contributed by atoms with E-state index in [2.05, 4.69) is 29.8 Å². The normalized spacial score (nSPS) is 22.1. The molecule has 1 aromatic carbocycles. The zero-order valence-corrected chi connectivity index (χ0v) is 11.8. The molecule has 0 aliphatic heterocycles. The fourth-order valence-electron chi connectivity index (χ4n) is 2.55. The summed E-state index contributed by atoms with van der Waals surface area (Å²) >= 11 is 3.39. The molecule has 1 aliphatic rings. The van der Waals surface area contributed by atoms with Crippen LogP contribution in [0.2, 0.25) is 0 Å². The number of halogens is 1. The highest BCUT2D eigenvalue weighted by atomic mass is 79.9. The van der Waals surface area contributed by atoms with Crippen molar-refractivity contribution in [1.29, 1.82) is 0 Å². The molecule has 1 fully saturated rings. The predicted molar refractivity (Wildman–Crippen MR) is 71.2 cm³/mol. The molecular weight excluding hydrogens is 280 g/mol. The van der Waals surface area contributed by atoms with Gasteiger partial charge < -0.3 is 4.74 Å². The van der Waals surface area contributed by atoms with E-state index in [0.717, 1.165) is 23.1 Å². The molecule has 92 valence electrons. The molecule has 1 atom stereocenters. The molecule has 3 heteroatoms. The Morgan fingerprint density at radius 3 is 2.35 bits per heavy atom. The van der Waals surface area contributed by atoms with Gasteiger partial charge in [0.2, 0.25) is 0 Å². The molecule has 0 aromatic heterocycles. The Labute approximate surface area is 110 Å². The Hall–Kier alpha value is -0.830. The number of carbonyl (C=O) groups is 1. The monoisotopic (exact) mass is 296 g/mol. The van der Waals surface area contributed by atoms with Crippen LogP contribution >= 0.6 is 15.9 Å². The second-order valence-electron chi connectivity index (χ2n) is 4.55. The molecule has 2 nitrogen and oxygen atoms in total. The molecule has 0 amide bonds. The van der Waals surface area contributed by atoms with E-state index in [9.17, 15) is 4.79 Å². The molecule has 17 heavy (non-hydrogen) atoms. The van der Waals surface area contributed by atoms with Crippen molar-refractivity contribution in [2.75, 3.05) is 0 Å². The van der Waals surface area contributed by atoms with E-state index in [-0.39, 0.29) is 11.5 Å². The van der Waals surface area contributed by atoms with Crippen molar-refractivity contribution < 1.29 is 9.53 Å². The molecule has 1 aliphatic carbocycles. The van der Waals surface area contributed by atoms with Gasteiger partial charge in [-0.15, -0.1) is 0 Å². The summed E-state index contributed by atoms with van der Waals surface area (Å²) in [5.41, 5.74) is -0.243. The molecular formula is C14H17BrO2. The smallest absolute Gasteiger partial charge is 0.146 e. The zero-order valence-electron chi connectivity index (χ0n) is 10.2. The number of hydrogen-bond acceptors (Lipinski definition) is 2. The zero-order chi connectivity index (χ0) is 12.5. The van der Waals surface area contributed by atoms with E-state index < -0.39 is 0 Å². The number of carbonyl (C=O) groups excluding carboxylic acids is 1. The molecule has 1 saturated carbocycles. The summed E-state index contributed by atoms with van der Waals surface area (Å²) in [6.07, 6.45) is 2.33. The highest BCUT2D eigenvalue weighted by Gasteiger charge is 2.53. The first-order valence-corrected chi connectivity index (χ1v) is 6.87. The minimum absolute atomic E-state index is 0.0474. The molecule has 0 spiro atoms. The Bertz CT molecular complexity index is 407. The Morgan fingerprint density at radius 1 is 1.29 bits per heavy atom. The first-order chi connectivity index (χ1) is 8.12. The van der Waals surface area contributed by atoms with Gasteiger partial charge in [-0.1, -0.05) is 29.8 Å². The molecule has 0 radical (unpaired) electrons. The van der Waals surface area contributed by atoms with Crippen LogP contribution in [-0.2, 0) is 4.79 Å². The van der Waals surface area contributed by atoms with Gasteiger partial charge in [0.1, 0.15) is 17.6 Å². The van der Waals surface area contributed by atoms with Gasteiger partial charge in [0, 0.05) is 10.9 Å². The fraction of sp³-hybridized carbons (Fsp3) is 0.500. The van der Waals surface area contributed by atoms with Crippen LogP contribution in [0.5, 0.6) is 5.75 Å². The van der Waals surface area contributed by atoms with Crippen LogP contribution in [0.4, 0.5) is 0 Å². The van der Waals surface area contributed by atoms with Gasteiger partial charge in [-0.2, -0.15) is 0 Å². The third kappa shape index (κ3) is 2.13. The van der Waals surface area contributed by atoms with Crippen LogP contribution in [0.3, 0.4) is 0 Å². The number of hydrogen-bond donors (Lipinski definition) is 0. The number of ketones is 1. The standard InChI is InChI=1S/C14H17BrO2/c1-3-14(4-2)12(16)9-13(14)17-11-7-5-10(15)6-8-11/h5-8,13H,3-4,9H2,1-2H3. The molecule has 1 aromatic rings. The van der Waals surface area contributed by atoms with Gasteiger partial charge in [0.05, 0.1) is 5.41 Å². The second-order valence-corrected chi connectivity index (χ2v) is 5.47. The summed E-state index contributed by atoms with van der Waals surface area (Å²) in [4.78, 5) is 11.8. The topological polar surface area (TPSA) is 26.3 Å². The van der Waals surface area contributed by atoms with Crippen LogP contribution in [-0.4, -0.2) is 11.9 Å². The van der Waals surface area contributed by atoms with Crippen molar-refractivity contribution in [3.63, 3.8) is 0 Å². The summed E-state index contributed by atoms with van der Waals surface area (Å²) in [5.74, 6) is 1.20.